The van der Waals surface area contributed by atoms with Crippen LogP contribution in [0.3, 0.4) is 0 Å². The summed E-state index contributed by atoms with van der Waals surface area (Å²) < 4.78 is 47.3. The zero-order valence-electron chi connectivity index (χ0n) is 35.8. The number of phosphoric ester groups is 1. The van der Waals surface area contributed by atoms with Crippen LogP contribution in [0.2, 0.25) is 0 Å². The van der Waals surface area contributed by atoms with Gasteiger partial charge in [0.15, 0.2) is 6.29 Å². The normalized spacial score (nSPS) is 35.0. The van der Waals surface area contributed by atoms with E-state index in [2.05, 4.69) is 103 Å². The van der Waals surface area contributed by atoms with Crippen LogP contribution < -0.4 is 0 Å². The van der Waals surface area contributed by atoms with Crippen LogP contribution in [-0.2, 0) is 32.3 Å². The van der Waals surface area contributed by atoms with Crippen LogP contribution in [0.4, 0.5) is 0 Å². The van der Waals surface area contributed by atoms with E-state index in [1.807, 2.05) is 20.1 Å². The summed E-state index contributed by atoms with van der Waals surface area (Å²) in [5.41, 5.74) is 0. The molecule has 9 heteroatoms. The number of ether oxygens (including phenoxy) is 3. The summed E-state index contributed by atoms with van der Waals surface area (Å²) in [5.74, 6) is 4.61. The third-order valence-corrected chi connectivity index (χ3v) is 12.8. The van der Waals surface area contributed by atoms with Crippen LogP contribution in [0, 0.1) is 47.3 Å². The third kappa shape index (κ3) is 17.6. The maximum Gasteiger partial charge on any atom is 0.477 e. The van der Waals surface area contributed by atoms with Crippen molar-refractivity contribution in [1.82, 2.24) is 0 Å². The van der Waals surface area contributed by atoms with Crippen LogP contribution in [0.1, 0.15) is 156 Å². The first-order chi connectivity index (χ1) is 23.7. The number of aliphatic hydroxyl groups excluding tert-OH is 1. The molecule has 0 amide bonds. The minimum absolute atomic E-state index is 0.112. The van der Waals surface area contributed by atoms with Gasteiger partial charge in [-0.2, -0.15) is 0 Å². The van der Waals surface area contributed by atoms with Gasteiger partial charge < -0.3 is 19.3 Å². The molecule has 0 aromatic heterocycles. The highest BCUT2D eigenvalue weighted by molar-refractivity contribution is 7.48. The first-order valence-electron chi connectivity index (χ1n) is 20.4. The van der Waals surface area contributed by atoms with E-state index in [1.165, 1.54) is 0 Å². The Bertz CT molecular complexity index is 851. The van der Waals surface area contributed by atoms with Gasteiger partial charge in [0.25, 0.3) is 0 Å². The summed E-state index contributed by atoms with van der Waals surface area (Å²) >= 11 is 0. The molecule has 1 N–H and O–H groups in total. The van der Waals surface area contributed by atoms with Crippen molar-refractivity contribution in [2.75, 3.05) is 20.3 Å². The molecule has 3 rings (SSSR count). The van der Waals surface area contributed by atoms with Crippen molar-refractivity contribution in [2.45, 2.75) is 186 Å². The zero-order chi connectivity index (χ0) is 39.0. The van der Waals surface area contributed by atoms with E-state index in [0.717, 1.165) is 63.9 Å². The Kier molecular flexibility index (Phi) is 29.9. The van der Waals surface area contributed by atoms with Gasteiger partial charge in [0.05, 0.1) is 37.8 Å². The molecule has 0 aromatic carbocycles. The van der Waals surface area contributed by atoms with E-state index in [1.54, 1.807) is 0 Å². The second-order valence-corrected chi connectivity index (χ2v) is 16.1. The van der Waals surface area contributed by atoms with E-state index in [-0.39, 0.29) is 12.0 Å². The fourth-order valence-corrected chi connectivity index (χ4v) is 7.95. The molecule has 3 aliphatic heterocycles. The quantitative estimate of drug-likeness (QED) is 0.148. The minimum Gasteiger partial charge on any atom is -0.498 e. The Hall–Kier alpha value is -0.470. The molecule has 0 aliphatic carbocycles. The maximum absolute atomic E-state index is 13.0. The zero-order valence-corrected chi connectivity index (χ0v) is 36.7. The smallest absolute Gasteiger partial charge is 0.477 e. The average Bonchev–Trinajstić information content (AvgIpc) is 3.13. The lowest BCUT2D eigenvalue weighted by Crippen LogP contribution is -2.45. The highest BCUT2D eigenvalue weighted by atomic mass is 31.2. The van der Waals surface area contributed by atoms with Crippen molar-refractivity contribution in [2.24, 2.45) is 47.3 Å². The van der Waals surface area contributed by atoms with Crippen molar-refractivity contribution in [3.8, 4) is 0 Å². The molecule has 302 valence electrons. The molecule has 0 radical (unpaired) electrons. The monoisotopic (exact) mass is 737 g/mol. The van der Waals surface area contributed by atoms with E-state index < -0.39 is 14.1 Å². The van der Waals surface area contributed by atoms with Crippen LogP contribution in [0.5, 0.6) is 0 Å². The lowest BCUT2D eigenvalue weighted by Gasteiger charge is -2.43. The van der Waals surface area contributed by atoms with Crippen LogP contribution in [-0.4, -0.2) is 56.1 Å². The summed E-state index contributed by atoms with van der Waals surface area (Å²) in [5, 5.41) is 7.00. The summed E-state index contributed by atoms with van der Waals surface area (Å²) in [6.07, 6.45) is 11.7. The van der Waals surface area contributed by atoms with Gasteiger partial charge in [-0.3, -0.25) is 13.6 Å². The Balaban J connectivity index is 0. The number of unbranched alkanes of at least 4 members (excludes halogenated alkanes) is 2. The summed E-state index contributed by atoms with van der Waals surface area (Å²) in [7, 11) is -2.59. The molecule has 0 aromatic rings. The van der Waals surface area contributed by atoms with E-state index in [0.29, 0.717) is 61.1 Å². The predicted molar refractivity (Wildman–Crippen MR) is 211 cm³/mol. The second kappa shape index (κ2) is 29.0. The first kappa shape index (κ1) is 51.6. The predicted octanol–water partition coefficient (Wildman–Crippen LogP) is 12.1. The van der Waals surface area contributed by atoms with Gasteiger partial charge in [0.1, 0.15) is 6.10 Å². The average molecular weight is 737 g/mol. The van der Waals surface area contributed by atoms with Gasteiger partial charge in [-0.15, -0.1) is 0 Å². The second-order valence-electron chi connectivity index (χ2n) is 14.4. The van der Waals surface area contributed by atoms with Crippen molar-refractivity contribution in [3.05, 3.63) is 12.3 Å². The van der Waals surface area contributed by atoms with Crippen LogP contribution in [0.15, 0.2) is 12.3 Å². The SMILES string of the molecule is CC.CCC1OC=C[C@@H](C)[C@@H]1C.CCC1O[C@@H](C)C(C)[C@@H](C)[C@@H]1C.CCCCOP(=O)(OCCCC)O[C@@H]1OC(CC)[C@@H](C)[C@H](C)C1C.CO. The molecule has 0 spiro atoms. The lowest BCUT2D eigenvalue weighted by molar-refractivity contribution is -0.219. The van der Waals surface area contributed by atoms with Crippen LogP contribution in [0.25, 0.3) is 0 Å². The van der Waals surface area contributed by atoms with Gasteiger partial charge >= 0.3 is 7.82 Å². The topological polar surface area (TPSA) is 92.7 Å². The highest BCUT2D eigenvalue weighted by Crippen LogP contribution is 2.53. The number of allylic oxidation sites excluding steroid dienone is 1. The molecule has 5 unspecified atom stereocenters. The fraction of sp³-hybridized carbons (Fsp3) is 0.951. The molecule has 50 heavy (non-hydrogen) atoms. The Morgan fingerprint density at radius 1 is 0.600 bits per heavy atom. The van der Waals surface area contributed by atoms with Crippen LogP contribution >= 0.6 is 7.82 Å². The largest absolute Gasteiger partial charge is 0.498 e. The summed E-state index contributed by atoms with van der Waals surface area (Å²) in [6, 6.07) is 0. The highest BCUT2D eigenvalue weighted by Gasteiger charge is 2.43. The molecule has 2 saturated heterocycles. The summed E-state index contributed by atoms with van der Waals surface area (Å²) in [6.45, 7) is 35.6. The van der Waals surface area contributed by atoms with Gasteiger partial charge in [0, 0.05) is 13.0 Å². The standard InChI is InChI=1S/C18H37O5P.C11H22O.C9H16O.C2H6.CH4O/c1-7-10-12-20-24(19,21-13-11-8-2)23-18-16(6)14(4)15(5)17(9-3)22-18;1-6-11-9(4)7(2)8(3)10(5)12-11;1-4-9-8(3)7(2)5-6-10-9;2*1-2/h14-18H,7-13H2,1-6H3;7-11H,6H2,1-5H3;5-9H,4H2,1-3H3;1-2H3;2H,1H3/t14-,15-,16?,17?,18-;7-,8?,9+,10+,11?;7-,8+,9?;;/m011../s1. The molecule has 3 heterocycles. The maximum atomic E-state index is 13.0. The van der Waals surface area contributed by atoms with E-state index in [4.69, 9.17) is 32.9 Å². The van der Waals surface area contributed by atoms with Crippen molar-refractivity contribution >= 4 is 7.82 Å². The van der Waals surface area contributed by atoms with E-state index in [9.17, 15) is 4.57 Å². The van der Waals surface area contributed by atoms with Crippen molar-refractivity contribution < 1.29 is 37.5 Å². The third-order valence-electron chi connectivity index (χ3n) is 11.3. The number of phosphoric acid groups is 1. The molecule has 3 aliphatic rings. The number of hydrogen-bond donors (Lipinski definition) is 1. The molecule has 13 atom stereocenters. The number of aliphatic hydroxyl groups is 1. The molecule has 8 nitrogen and oxygen atoms in total. The lowest BCUT2D eigenvalue weighted by atomic mass is 9.76. The number of rotatable bonds is 13. The molecule has 2 fully saturated rings. The van der Waals surface area contributed by atoms with Gasteiger partial charge in [-0.05, 0) is 86.5 Å². The van der Waals surface area contributed by atoms with Gasteiger partial charge in [-0.1, -0.05) is 117 Å². The van der Waals surface area contributed by atoms with Gasteiger partial charge in [-0.25, -0.2) is 4.57 Å². The Labute approximate surface area is 311 Å². The number of hydrogen-bond acceptors (Lipinski definition) is 8. The molecule has 0 saturated carbocycles. The Morgan fingerprint density at radius 2 is 1.04 bits per heavy atom. The first-order valence-corrected chi connectivity index (χ1v) is 21.8. The fourth-order valence-electron chi connectivity index (χ4n) is 6.55. The molecular formula is C41H85O8P. The molecular weight excluding hydrogens is 651 g/mol. The molecule has 0 bridgehead atoms. The van der Waals surface area contributed by atoms with Gasteiger partial charge in [0.2, 0.25) is 0 Å². The van der Waals surface area contributed by atoms with E-state index >= 15 is 0 Å². The van der Waals surface area contributed by atoms with Crippen molar-refractivity contribution in [1.29, 1.82) is 0 Å². The minimum atomic E-state index is -3.59. The van der Waals surface area contributed by atoms with Crippen molar-refractivity contribution in [3.63, 3.8) is 0 Å². The summed E-state index contributed by atoms with van der Waals surface area (Å²) in [4.78, 5) is 0. The Morgan fingerprint density at radius 3 is 1.46 bits per heavy atom.